The van der Waals surface area contributed by atoms with Crippen LogP contribution < -0.4 is 5.32 Å². The van der Waals surface area contributed by atoms with E-state index in [0.29, 0.717) is 32.2 Å². The molecule has 1 aromatic carbocycles. The van der Waals surface area contributed by atoms with Gasteiger partial charge in [-0.15, -0.1) is 12.4 Å². The largest absolute Gasteiger partial charge is 0.378 e. The Morgan fingerprint density at radius 2 is 1.92 bits per heavy atom. The first-order chi connectivity index (χ1) is 11.7. The van der Waals surface area contributed by atoms with Gasteiger partial charge in [0.2, 0.25) is 5.91 Å². The van der Waals surface area contributed by atoms with Gasteiger partial charge < -0.3 is 15.0 Å². The van der Waals surface area contributed by atoms with Gasteiger partial charge >= 0.3 is 0 Å². The molecule has 0 aromatic heterocycles. The average Bonchev–Trinajstić information content (AvgIpc) is 2.63. The molecule has 1 unspecified atom stereocenters. The molecule has 1 aromatic rings. The molecule has 1 saturated carbocycles. The molecule has 1 amide bonds. The van der Waals surface area contributed by atoms with Crippen molar-refractivity contribution in [2.24, 2.45) is 0 Å². The Bertz CT molecular complexity index is 529. The molecule has 4 nitrogen and oxygen atoms in total. The third-order valence-corrected chi connectivity index (χ3v) is 5.02. The number of carbonyl (C=O) groups excluding carboxylic acids is 1. The number of hydrogen-bond donors (Lipinski definition) is 1. The fourth-order valence-corrected chi connectivity index (χ4v) is 3.68. The molecular weight excluding hydrogens is 343 g/mol. The van der Waals surface area contributed by atoms with E-state index in [1.807, 2.05) is 4.90 Å². The summed E-state index contributed by atoms with van der Waals surface area (Å²) in [7, 11) is 0. The highest BCUT2D eigenvalue weighted by atomic mass is 35.5. The Morgan fingerprint density at radius 1 is 1.20 bits per heavy atom. The topological polar surface area (TPSA) is 41.6 Å². The fourth-order valence-electron chi connectivity index (χ4n) is 3.68. The number of halogens is 2. The maximum absolute atomic E-state index is 13.1. The lowest BCUT2D eigenvalue weighted by Crippen LogP contribution is -2.47. The van der Waals surface area contributed by atoms with E-state index in [1.165, 1.54) is 31.4 Å². The van der Waals surface area contributed by atoms with Crippen molar-refractivity contribution in [3.8, 4) is 0 Å². The number of nitrogens with zero attached hydrogens (tertiary/aromatic N) is 1. The maximum Gasteiger partial charge on any atom is 0.224 e. The number of amides is 1. The molecule has 1 atom stereocenters. The summed E-state index contributed by atoms with van der Waals surface area (Å²) >= 11 is 0. The zero-order chi connectivity index (χ0) is 16.8. The van der Waals surface area contributed by atoms with Crippen molar-refractivity contribution in [1.29, 1.82) is 0 Å². The highest BCUT2D eigenvalue weighted by Gasteiger charge is 2.28. The Morgan fingerprint density at radius 3 is 2.56 bits per heavy atom. The number of benzene rings is 1. The Balaban J connectivity index is 0.00000225. The van der Waals surface area contributed by atoms with Crippen LogP contribution in [0.1, 0.15) is 44.1 Å². The van der Waals surface area contributed by atoms with Crippen molar-refractivity contribution in [2.75, 3.05) is 19.8 Å². The lowest BCUT2D eigenvalue weighted by atomic mass is 9.93. The highest BCUT2D eigenvalue weighted by Crippen LogP contribution is 2.25. The SMILES string of the molecule is Cl.O=C(CC1COCCN1)N(Cc1ccc(F)cc1)C1CCCCC1. The molecule has 3 rings (SSSR count). The molecule has 6 heteroatoms. The molecule has 1 saturated heterocycles. The highest BCUT2D eigenvalue weighted by molar-refractivity contribution is 5.85. The smallest absolute Gasteiger partial charge is 0.224 e. The minimum Gasteiger partial charge on any atom is -0.378 e. The van der Waals surface area contributed by atoms with Crippen LogP contribution >= 0.6 is 12.4 Å². The Kier molecular flexibility index (Phi) is 8.13. The molecule has 1 N–H and O–H groups in total. The number of hydrogen-bond acceptors (Lipinski definition) is 3. The van der Waals surface area contributed by atoms with Gasteiger partial charge in [0.05, 0.1) is 13.2 Å². The molecule has 1 aliphatic carbocycles. The van der Waals surface area contributed by atoms with Crippen LogP contribution in [0.5, 0.6) is 0 Å². The van der Waals surface area contributed by atoms with Crippen LogP contribution in [0, 0.1) is 5.82 Å². The number of ether oxygens (including phenoxy) is 1. The van der Waals surface area contributed by atoms with Crippen LogP contribution in [0.4, 0.5) is 4.39 Å². The van der Waals surface area contributed by atoms with Crippen molar-refractivity contribution in [3.63, 3.8) is 0 Å². The molecule has 25 heavy (non-hydrogen) atoms. The zero-order valence-corrected chi connectivity index (χ0v) is 15.4. The van der Waals surface area contributed by atoms with Crippen LogP contribution in [-0.2, 0) is 16.1 Å². The summed E-state index contributed by atoms with van der Waals surface area (Å²) in [4.78, 5) is 15.0. The first kappa shape index (κ1) is 20.1. The lowest BCUT2D eigenvalue weighted by Gasteiger charge is -2.36. The molecule has 1 aliphatic heterocycles. The standard InChI is InChI=1S/C19H27FN2O2.ClH/c20-16-8-6-15(7-9-16)13-22(18-4-2-1-3-5-18)19(23)12-17-14-24-11-10-21-17;/h6-9,17-18,21H,1-5,10-14H2;1H. The van der Waals surface area contributed by atoms with Crippen LogP contribution in [0.15, 0.2) is 24.3 Å². The van der Waals surface area contributed by atoms with Gasteiger partial charge in [-0.25, -0.2) is 4.39 Å². The van der Waals surface area contributed by atoms with E-state index < -0.39 is 0 Å². The quantitative estimate of drug-likeness (QED) is 0.864. The molecule has 0 spiro atoms. The average molecular weight is 371 g/mol. The number of rotatable bonds is 5. The van der Waals surface area contributed by atoms with Crippen molar-refractivity contribution in [3.05, 3.63) is 35.6 Å². The third-order valence-electron chi connectivity index (χ3n) is 5.02. The summed E-state index contributed by atoms with van der Waals surface area (Å²) < 4.78 is 18.6. The second-order valence-corrected chi connectivity index (χ2v) is 6.87. The van der Waals surface area contributed by atoms with Crippen LogP contribution in [0.2, 0.25) is 0 Å². The summed E-state index contributed by atoms with van der Waals surface area (Å²) in [6.07, 6.45) is 6.24. The van der Waals surface area contributed by atoms with Gasteiger partial charge in [-0.05, 0) is 30.5 Å². The molecule has 0 radical (unpaired) electrons. The number of nitrogens with one attached hydrogen (secondary N) is 1. The number of morpholine rings is 1. The third kappa shape index (κ3) is 5.94. The second kappa shape index (κ2) is 10.1. The summed E-state index contributed by atoms with van der Waals surface area (Å²) in [6, 6.07) is 6.90. The summed E-state index contributed by atoms with van der Waals surface area (Å²) in [5.74, 6) is -0.0629. The van der Waals surface area contributed by atoms with Crippen molar-refractivity contribution in [2.45, 2.75) is 57.2 Å². The Hall–Kier alpha value is -1.17. The minimum absolute atomic E-state index is 0. The van der Waals surface area contributed by atoms with Crippen molar-refractivity contribution in [1.82, 2.24) is 10.2 Å². The van der Waals surface area contributed by atoms with E-state index in [4.69, 9.17) is 4.74 Å². The maximum atomic E-state index is 13.1. The second-order valence-electron chi connectivity index (χ2n) is 6.87. The van der Waals surface area contributed by atoms with E-state index in [2.05, 4.69) is 5.32 Å². The predicted octanol–water partition coefficient (Wildman–Crippen LogP) is 3.29. The van der Waals surface area contributed by atoms with Crippen molar-refractivity contribution < 1.29 is 13.9 Å². The molecular formula is C19H28ClFN2O2. The molecule has 140 valence electrons. The van der Waals surface area contributed by atoms with Crippen LogP contribution in [0.3, 0.4) is 0 Å². The first-order valence-corrected chi connectivity index (χ1v) is 9.07. The number of carbonyl (C=O) groups is 1. The summed E-state index contributed by atoms with van der Waals surface area (Å²) in [6.45, 7) is 2.68. The minimum atomic E-state index is -0.238. The molecule has 0 bridgehead atoms. The van der Waals surface area contributed by atoms with Gasteiger partial charge in [0.25, 0.3) is 0 Å². The van der Waals surface area contributed by atoms with Gasteiger partial charge in [0.1, 0.15) is 5.82 Å². The van der Waals surface area contributed by atoms with Gasteiger partial charge in [0.15, 0.2) is 0 Å². The van der Waals surface area contributed by atoms with E-state index in [0.717, 1.165) is 24.9 Å². The lowest BCUT2D eigenvalue weighted by molar-refractivity contribution is -0.136. The monoisotopic (exact) mass is 370 g/mol. The fraction of sp³-hybridized carbons (Fsp3) is 0.632. The van der Waals surface area contributed by atoms with Crippen LogP contribution in [-0.4, -0.2) is 42.6 Å². The zero-order valence-electron chi connectivity index (χ0n) is 14.6. The molecule has 2 aliphatic rings. The normalized spacial score (nSPS) is 21.4. The van der Waals surface area contributed by atoms with Gasteiger partial charge in [-0.2, -0.15) is 0 Å². The van der Waals surface area contributed by atoms with Gasteiger partial charge in [-0.3, -0.25) is 4.79 Å². The predicted molar refractivity (Wildman–Crippen MR) is 98.3 cm³/mol. The first-order valence-electron chi connectivity index (χ1n) is 9.07. The van der Waals surface area contributed by atoms with E-state index >= 15 is 0 Å². The summed E-state index contributed by atoms with van der Waals surface area (Å²) in [5.41, 5.74) is 0.989. The van der Waals surface area contributed by atoms with Gasteiger partial charge in [0, 0.05) is 31.6 Å². The van der Waals surface area contributed by atoms with Gasteiger partial charge in [-0.1, -0.05) is 31.4 Å². The molecule has 2 fully saturated rings. The van der Waals surface area contributed by atoms with Crippen LogP contribution in [0.25, 0.3) is 0 Å². The molecule has 1 heterocycles. The van der Waals surface area contributed by atoms with E-state index in [9.17, 15) is 9.18 Å². The van der Waals surface area contributed by atoms with Crippen molar-refractivity contribution >= 4 is 18.3 Å². The van der Waals surface area contributed by atoms with E-state index in [-0.39, 0.29) is 30.2 Å². The van der Waals surface area contributed by atoms with E-state index in [1.54, 1.807) is 12.1 Å². The Labute approximate surface area is 155 Å². The summed E-state index contributed by atoms with van der Waals surface area (Å²) in [5, 5.41) is 3.36.